The Morgan fingerprint density at radius 1 is 1.08 bits per heavy atom. The van der Waals surface area contributed by atoms with Crippen molar-refractivity contribution in [3.05, 3.63) is 29.8 Å². The molecule has 0 atom stereocenters. The Bertz CT molecular complexity index is 569. The highest BCUT2D eigenvalue weighted by Crippen LogP contribution is 2.13. The van der Waals surface area contributed by atoms with Gasteiger partial charge in [0.1, 0.15) is 5.75 Å². The summed E-state index contributed by atoms with van der Waals surface area (Å²) in [6.45, 7) is 5.79. The number of esters is 1. The van der Waals surface area contributed by atoms with Crippen molar-refractivity contribution in [3.63, 3.8) is 0 Å². The number of ether oxygens (including phenoxy) is 2. The minimum Gasteiger partial charge on any atom is -0.484 e. The first-order valence-corrected chi connectivity index (χ1v) is 8.38. The van der Waals surface area contributed by atoms with Crippen LogP contribution in [-0.2, 0) is 14.3 Å². The average Bonchev–Trinajstić information content (AvgIpc) is 2.58. The molecule has 0 spiro atoms. The summed E-state index contributed by atoms with van der Waals surface area (Å²) >= 11 is 0. The number of carbonyl (C=O) groups is 3. The van der Waals surface area contributed by atoms with Crippen LogP contribution < -0.4 is 15.4 Å². The molecule has 0 aliphatic heterocycles. The Labute approximate surface area is 148 Å². The van der Waals surface area contributed by atoms with Gasteiger partial charge in [-0.05, 0) is 44.5 Å². The molecule has 0 aromatic heterocycles. The predicted molar refractivity (Wildman–Crippen MR) is 93.4 cm³/mol. The van der Waals surface area contributed by atoms with E-state index in [2.05, 4.69) is 10.6 Å². The highest BCUT2D eigenvalue weighted by atomic mass is 16.5. The molecule has 0 heterocycles. The summed E-state index contributed by atoms with van der Waals surface area (Å²) in [7, 11) is 0. The van der Waals surface area contributed by atoms with E-state index < -0.39 is 5.91 Å². The molecule has 0 bridgehead atoms. The zero-order chi connectivity index (χ0) is 18.7. The second-order valence-corrected chi connectivity index (χ2v) is 5.80. The van der Waals surface area contributed by atoms with Crippen LogP contribution >= 0.6 is 0 Å². The zero-order valence-corrected chi connectivity index (χ0v) is 15.0. The van der Waals surface area contributed by atoms with E-state index in [-0.39, 0.29) is 31.1 Å². The van der Waals surface area contributed by atoms with Crippen molar-refractivity contribution >= 4 is 17.8 Å². The maximum Gasteiger partial charge on any atom is 0.338 e. The zero-order valence-electron chi connectivity index (χ0n) is 15.0. The number of carbonyl (C=O) groups excluding carboxylic acids is 3. The van der Waals surface area contributed by atoms with E-state index in [1.165, 1.54) is 0 Å². The summed E-state index contributed by atoms with van der Waals surface area (Å²) in [5.41, 5.74) is 0.429. The minimum atomic E-state index is -0.401. The van der Waals surface area contributed by atoms with Gasteiger partial charge in [0.05, 0.1) is 18.7 Å². The fourth-order valence-corrected chi connectivity index (χ4v) is 1.83. The number of hydrogen-bond donors (Lipinski definition) is 2. The van der Waals surface area contributed by atoms with Gasteiger partial charge in [0, 0.05) is 6.04 Å². The first-order valence-electron chi connectivity index (χ1n) is 8.38. The van der Waals surface area contributed by atoms with Crippen molar-refractivity contribution in [1.29, 1.82) is 0 Å². The molecule has 7 nitrogen and oxygen atoms in total. The number of nitrogens with one attached hydrogen (secondary N) is 2. The number of unbranched alkanes of at least 4 members (excludes halogenated alkanes) is 1. The van der Waals surface area contributed by atoms with Crippen LogP contribution in [0.5, 0.6) is 5.75 Å². The number of benzene rings is 1. The number of hydrogen-bond acceptors (Lipinski definition) is 5. The Kier molecular flexibility index (Phi) is 9.06. The van der Waals surface area contributed by atoms with Crippen LogP contribution in [0.15, 0.2) is 24.3 Å². The lowest BCUT2D eigenvalue weighted by Crippen LogP contribution is -2.41. The van der Waals surface area contributed by atoms with Gasteiger partial charge in [-0.1, -0.05) is 13.3 Å². The van der Waals surface area contributed by atoms with Gasteiger partial charge in [0.15, 0.2) is 6.61 Å². The van der Waals surface area contributed by atoms with Crippen molar-refractivity contribution in [2.75, 3.05) is 19.8 Å². The SMILES string of the molecule is CCCCOC(=O)c1ccc(OCC(=O)NCC(=O)NC(C)C)cc1. The van der Waals surface area contributed by atoms with Crippen molar-refractivity contribution in [3.8, 4) is 5.75 Å². The van der Waals surface area contributed by atoms with Crippen molar-refractivity contribution in [1.82, 2.24) is 10.6 Å². The van der Waals surface area contributed by atoms with Gasteiger partial charge >= 0.3 is 5.97 Å². The second kappa shape index (κ2) is 11.1. The van der Waals surface area contributed by atoms with Crippen molar-refractivity contribution < 1.29 is 23.9 Å². The van der Waals surface area contributed by atoms with Crippen LogP contribution in [0.1, 0.15) is 44.0 Å². The Morgan fingerprint density at radius 3 is 2.36 bits per heavy atom. The topological polar surface area (TPSA) is 93.7 Å². The molecule has 1 aromatic rings. The van der Waals surface area contributed by atoms with Crippen LogP contribution in [0, 0.1) is 0 Å². The van der Waals surface area contributed by atoms with Gasteiger partial charge in [0.25, 0.3) is 5.91 Å². The molecule has 1 aromatic carbocycles. The lowest BCUT2D eigenvalue weighted by Gasteiger charge is -2.10. The molecule has 2 N–H and O–H groups in total. The summed E-state index contributed by atoms with van der Waals surface area (Å²) in [6.07, 6.45) is 1.79. The van der Waals surface area contributed by atoms with Crippen LogP contribution in [-0.4, -0.2) is 43.6 Å². The maximum absolute atomic E-state index is 11.8. The van der Waals surface area contributed by atoms with Gasteiger partial charge in [0.2, 0.25) is 5.91 Å². The first kappa shape index (κ1) is 20.5. The van der Waals surface area contributed by atoms with E-state index in [0.29, 0.717) is 17.9 Å². The molecule has 25 heavy (non-hydrogen) atoms. The van der Waals surface area contributed by atoms with E-state index in [1.54, 1.807) is 24.3 Å². The molecule has 0 unspecified atom stereocenters. The summed E-state index contributed by atoms with van der Waals surface area (Å²) < 4.78 is 10.4. The first-order chi connectivity index (χ1) is 11.9. The third-order valence-corrected chi connectivity index (χ3v) is 3.09. The third-order valence-electron chi connectivity index (χ3n) is 3.09. The normalized spacial score (nSPS) is 10.2. The molecule has 0 aliphatic rings. The van der Waals surface area contributed by atoms with Crippen LogP contribution in [0.3, 0.4) is 0 Å². The third kappa shape index (κ3) is 8.74. The molecule has 0 fully saturated rings. The molecule has 2 amide bonds. The highest BCUT2D eigenvalue weighted by molar-refractivity contribution is 5.89. The summed E-state index contributed by atoms with van der Waals surface area (Å²) in [6, 6.07) is 6.37. The molecule has 0 radical (unpaired) electrons. The molecular weight excluding hydrogens is 324 g/mol. The van der Waals surface area contributed by atoms with Gasteiger partial charge in [-0.2, -0.15) is 0 Å². The van der Waals surface area contributed by atoms with Gasteiger partial charge in [-0.3, -0.25) is 9.59 Å². The molecule has 0 saturated heterocycles. The largest absolute Gasteiger partial charge is 0.484 e. The lowest BCUT2D eigenvalue weighted by atomic mass is 10.2. The van der Waals surface area contributed by atoms with E-state index >= 15 is 0 Å². The molecule has 1 rings (SSSR count). The Balaban J connectivity index is 2.34. The Hall–Kier alpha value is -2.57. The van der Waals surface area contributed by atoms with Crippen LogP contribution in [0.4, 0.5) is 0 Å². The predicted octanol–water partition coefficient (Wildman–Crippen LogP) is 1.66. The lowest BCUT2D eigenvalue weighted by molar-refractivity contribution is -0.127. The average molecular weight is 350 g/mol. The molecule has 7 heteroatoms. The molecule has 138 valence electrons. The Morgan fingerprint density at radius 2 is 1.76 bits per heavy atom. The van der Waals surface area contributed by atoms with E-state index in [4.69, 9.17) is 9.47 Å². The van der Waals surface area contributed by atoms with E-state index in [0.717, 1.165) is 12.8 Å². The van der Waals surface area contributed by atoms with E-state index in [9.17, 15) is 14.4 Å². The molecular formula is C18H26N2O5. The van der Waals surface area contributed by atoms with Crippen molar-refractivity contribution in [2.24, 2.45) is 0 Å². The standard InChI is InChI=1S/C18H26N2O5/c1-4-5-10-24-18(23)14-6-8-15(9-7-14)25-12-17(22)19-11-16(21)20-13(2)3/h6-9,13H,4-5,10-12H2,1-3H3,(H,19,22)(H,20,21). The van der Waals surface area contributed by atoms with Gasteiger partial charge < -0.3 is 20.1 Å². The minimum absolute atomic E-state index is 0.0211. The fourth-order valence-electron chi connectivity index (χ4n) is 1.83. The fraction of sp³-hybridized carbons (Fsp3) is 0.500. The summed E-state index contributed by atoms with van der Waals surface area (Å²) in [5.74, 6) is -0.586. The van der Waals surface area contributed by atoms with Gasteiger partial charge in [-0.25, -0.2) is 4.79 Å². The smallest absolute Gasteiger partial charge is 0.338 e. The van der Waals surface area contributed by atoms with Gasteiger partial charge in [-0.15, -0.1) is 0 Å². The summed E-state index contributed by atoms with van der Waals surface area (Å²) in [4.78, 5) is 34.8. The summed E-state index contributed by atoms with van der Waals surface area (Å²) in [5, 5.41) is 5.13. The molecule has 0 aliphatic carbocycles. The van der Waals surface area contributed by atoms with Crippen molar-refractivity contribution in [2.45, 2.75) is 39.7 Å². The monoisotopic (exact) mass is 350 g/mol. The van der Waals surface area contributed by atoms with Crippen LogP contribution in [0.2, 0.25) is 0 Å². The maximum atomic E-state index is 11.8. The number of amides is 2. The second-order valence-electron chi connectivity index (χ2n) is 5.80. The van der Waals surface area contributed by atoms with E-state index in [1.807, 2.05) is 20.8 Å². The van der Waals surface area contributed by atoms with Crippen LogP contribution in [0.25, 0.3) is 0 Å². The highest BCUT2D eigenvalue weighted by Gasteiger charge is 2.09. The quantitative estimate of drug-likeness (QED) is 0.494. The number of rotatable bonds is 10. The molecule has 0 saturated carbocycles.